The molecule has 0 radical (unpaired) electrons. The highest BCUT2D eigenvalue weighted by atomic mass is 16.5. The summed E-state index contributed by atoms with van der Waals surface area (Å²) in [7, 11) is 1.68. The van der Waals surface area contributed by atoms with E-state index in [1.165, 1.54) is 0 Å². The zero-order valence-electron chi connectivity index (χ0n) is 9.18. The first-order chi connectivity index (χ1) is 7.81. The molecule has 0 saturated carbocycles. The third-order valence-electron chi connectivity index (χ3n) is 2.47. The molecule has 16 heavy (non-hydrogen) atoms. The summed E-state index contributed by atoms with van der Waals surface area (Å²) < 4.78 is 5.16. The van der Waals surface area contributed by atoms with Crippen LogP contribution in [0.2, 0.25) is 0 Å². The van der Waals surface area contributed by atoms with Crippen LogP contribution < -0.4 is 0 Å². The van der Waals surface area contributed by atoms with Crippen LogP contribution in [0.15, 0.2) is 48.5 Å². The van der Waals surface area contributed by atoms with Gasteiger partial charge in [-0.1, -0.05) is 36.4 Å². The molecule has 1 N–H and O–H groups in total. The van der Waals surface area contributed by atoms with Crippen molar-refractivity contribution in [3.8, 4) is 16.9 Å². The number of methoxy groups -OCH3 is 1. The zero-order chi connectivity index (χ0) is 11.4. The average Bonchev–Trinajstić information content (AvgIpc) is 2.30. The standard InChI is InChI=1S/C14H14O2/c1-16-10-12-5-2-3-8-14(12)11-6-4-7-13(15)9-11/h2-9,15H,10H2,1H3. The second-order valence-electron chi connectivity index (χ2n) is 3.64. The Labute approximate surface area is 95.1 Å². The monoisotopic (exact) mass is 214 g/mol. The lowest BCUT2D eigenvalue weighted by molar-refractivity contribution is 0.185. The topological polar surface area (TPSA) is 29.5 Å². The molecule has 0 aliphatic rings. The van der Waals surface area contributed by atoms with Gasteiger partial charge in [-0.3, -0.25) is 0 Å². The second-order valence-corrected chi connectivity index (χ2v) is 3.64. The van der Waals surface area contributed by atoms with Gasteiger partial charge in [0.25, 0.3) is 0 Å². The molecule has 0 spiro atoms. The molecule has 0 aliphatic heterocycles. The zero-order valence-corrected chi connectivity index (χ0v) is 9.18. The maximum Gasteiger partial charge on any atom is 0.116 e. The Morgan fingerprint density at radius 3 is 2.62 bits per heavy atom. The first kappa shape index (κ1) is 10.7. The van der Waals surface area contributed by atoms with Gasteiger partial charge < -0.3 is 9.84 Å². The lowest BCUT2D eigenvalue weighted by Crippen LogP contribution is -1.91. The molecule has 2 heteroatoms. The Hall–Kier alpha value is -1.80. The predicted molar refractivity (Wildman–Crippen MR) is 64.3 cm³/mol. The van der Waals surface area contributed by atoms with Crippen molar-refractivity contribution in [2.45, 2.75) is 6.61 Å². The fraction of sp³-hybridized carbons (Fsp3) is 0.143. The van der Waals surface area contributed by atoms with E-state index in [-0.39, 0.29) is 5.75 Å². The average molecular weight is 214 g/mol. The van der Waals surface area contributed by atoms with E-state index in [1.807, 2.05) is 36.4 Å². The molecule has 2 aromatic rings. The Morgan fingerprint density at radius 2 is 1.88 bits per heavy atom. The normalized spacial score (nSPS) is 10.3. The summed E-state index contributed by atoms with van der Waals surface area (Å²) in [5, 5.41) is 9.46. The fourth-order valence-corrected chi connectivity index (χ4v) is 1.76. The van der Waals surface area contributed by atoms with Gasteiger partial charge in [-0.05, 0) is 28.8 Å². The van der Waals surface area contributed by atoms with Gasteiger partial charge in [0, 0.05) is 7.11 Å². The SMILES string of the molecule is COCc1ccccc1-c1cccc(O)c1. The first-order valence-corrected chi connectivity index (χ1v) is 5.17. The van der Waals surface area contributed by atoms with Crippen LogP contribution in [0, 0.1) is 0 Å². The molecular formula is C14H14O2. The third-order valence-corrected chi connectivity index (χ3v) is 2.47. The van der Waals surface area contributed by atoms with Crippen LogP contribution in [0.5, 0.6) is 5.75 Å². The first-order valence-electron chi connectivity index (χ1n) is 5.17. The maximum absolute atomic E-state index is 9.46. The number of benzene rings is 2. The van der Waals surface area contributed by atoms with E-state index in [1.54, 1.807) is 19.2 Å². The molecule has 0 unspecified atom stereocenters. The molecule has 0 heterocycles. The number of ether oxygens (including phenoxy) is 1. The molecule has 2 rings (SSSR count). The number of hydrogen-bond donors (Lipinski definition) is 1. The van der Waals surface area contributed by atoms with Gasteiger partial charge >= 0.3 is 0 Å². The number of phenols is 1. The van der Waals surface area contributed by atoms with Gasteiger partial charge in [0.2, 0.25) is 0 Å². The van der Waals surface area contributed by atoms with Crippen molar-refractivity contribution < 1.29 is 9.84 Å². The lowest BCUT2D eigenvalue weighted by Gasteiger charge is -2.08. The smallest absolute Gasteiger partial charge is 0.116 e. The van der Waals surface area contributed by atoms with E-state index in [9.17, 15) is 5.11 Å². The van der Waals surface area contributed by atoms with Crippen LogP contribution in [0.4, 0.5) is 0 Å². The van der Waals surface area contributed by atoms with Gasteiger partial charge in [0.15, 0.2) is 0 Å². The number of hydrogen-bond acceptors (Lipinski definition) is 2. The van der Waals surface area contributed by atoms with Crippen LogP contribution in [0.1, 0.15) is 5.56 Å². The number of aromatic hydroxyl groups is 1. The highest BCUT2D eigenvalue weighted by Crippen LogP contribution is 2.26. The summed E-state index contributed by atoms with van der Waals surface area (Å²) in [4.78, 5) is 0. The summed E-state index contributed by atoms with van der Waals surface area (Å²) in [6.45, 7) is 0.575. The van der Waals surface area contributed by atoms with E-state index in [2.05, 4.69) is 0 Å². The van der Waals surface area contributed by atoms with Crippen molar-refractivity contribution in [2.24, 2.45) is 0 Å². The van der Waals surface area contributed by atoms with Gasteiger partial charge in [0.05, 0.1) is 6.61 Å². The van der Waals surface area contributed by atoms with Gasteiger partial charge in [-0.15, -0.1) is 0 Å². The van der Waals surface area contributed by atoms with Crippen molar-refractivity contribution in [3.05, 3.63) is 54.1 Å². The van der Waals surface area contributed by atoms with Crippen LogP contribution in [0.25, 0.3) is 11.1 Å². The molecule has 0 aromatic heterocycles. The molecule has 0 atom stereocenters. The van der Waals surface area contributed by atoms with E-state index in [0.29, 0.717) is 6.61 Å². The number of phenolic OH excluding ortho intramolecular Hbond substituents is 1. The molecule has 0 saturated heterocycles. The molecule has 2 aromatic carbocycles. The third kappa shape index (κ3) is 2.23. The van der Waals surface area contributed by atoms with Gasteiger partial charge in [-0.2, -0.15) is 0 Å². The largest absolute Gasteiger partial charge is 0.508 e. The summed E-state index contributed by atoms with van der Waals surface area (Å²) in [6.07, 6.45) is 0. The minimum absolute atomic E-state index is 0.282. The quantitative estimate of drug-likeness (QED) is 0.850. The Bertz CT molecular complexity index is 478. The predicted octanol–water partition coefficient (Wildman–Crippen LogP) is 3.21. The summed E-state index contributed by atoms with van der Waals surface area (Å²) in [5.74, 6) is 0.282. The molecule has 0 aliphatic carbocycles. The molecule has 82 valence electrons. The van der Waals surface area contributed by atoms with E-state index >= 15 is 0 Å². The van der Waals surface area contributed by atoms with Gasteiger partial charge in [-0.25, -0.2) is 0 Å². The molecule has 2 nitrogen and oxygen atoms in total. The van der Waals surface area contributed by atoms with Crippen LogP contribution in [0.3, 0.4) is 0 Å². The number of rotatable bonds is 3. The van der Waals surface area contributed by atoms with Crippen LogP contribution in [-0.4, -0.2) is 12.2 Å². The van der Waals surface area contributed by atoms with Crippen LogP contribution >= 0.6 is 0 Å². The summed E-state index contributed by atoms with van der Waals surface area (Å²) in [6, 6.07) is 15.3. The Balaban J connectivity index is 2.46. The minimum Gasteiger partial charge on any atom is -0.508 e. The van der Waals surface area contributed by atoms with Gasteiger partial charge in [0.1, 0.15) is 5.75 Å². The molecular weight excluding hydrogens is 200 g/mol. The van der Waals surface area contributed by atoms with Crippen molar-refractivity contribution in [1.82, 2.24) is 0 Å². The second kappa shape index (κ2) is 4.81. The van der Waals surface area contributed by atoms with Crippen molar-refractivity contribution in [3.63, 3.8) is 0 Å². The lowest BCUT2D eigenvalue weighted by atomic mass is 10.00. The van der Waals surface area contributed by atoms with E-state index in [0.717, 1.165) is 16.7 Å². The minimum atomic E-state index is 0.282. The Morgan fingerprint density at radius 1 is 1.06 bits per heavy atom. The molecule has 0 amide bonds. The summed E-state index contributed by atoms with van der Waals surface area (Å²) >= 11 is 0. The van der Waals surface area contributed by atoms with E-state index in [4.69, 9.17) is 4.74 Å². The fourth-order valence-electron chi connectivity index (χ4n) is 1.76. The summed E-state index contributed by atoms with van der Waals surface area (Å²) in [5.41, 5.74) is 3.23. The molecule has 0 bridgehead atoms. The Kier molecular flexibility index (Phi) is 3.22. The highest BCUT2D eigenvalue weighted by Gasteiger charge is 2.04. The van der Waals surface area contributed by atoms with Crippen molar-refractivity contribution in [1.29, 1.82) is 0 Å². The van der Waals surface area contributed by atoms with E-state index < -0.39 is 0 Å². The highest BCUT2D eigenvalue weighted by molar-refractivity contribution is 5.68. The molecule has 0 fully saturated rings. The van der Waals surface area contributed by atoms with Crippen molar-refractivity contribution >= 4 is 0 Å². The maximum atomic E-state index is 9.46. The van der Waals surface area contributed by atoms with Crippen molar-refractivity contribution in [2.75, 3.05) is 7.11 Å². The van der Waals surface area contributed by atoms with Crippen LogP contribution in [-0.2, 0) is 11.3 Å².